The number of thioether (sulfide) groups is 1. The third kappa shape index (κ3) is 4.18. The molecule has 0 bridgehead atoms. The third-order valence-electron chi connectivity index (χ3n) is 3.67. The lowest BCUT2D eigenvalue weighted by Crippen LogP contribution is -2.23. The van der Waals surface area contributed by atoms with E-state index in [1.807, 2.05) is 0 Å². The topological polar surface area (TPSA) is 90.2 Å². The summed E-state index contributed by atoms with van der Waals surface area (Å²) in [6.45, 7) is 0. The van der Waals surface area contributed by atoms with E-state index in [1.165, 1.54) is 23.1 Å². The third-order valence-corrected chi connectivity index (χ3v) is 5.47. The lowest BCUT2D eigenvalue weighted by atomic mass is 10.2. The standard InChI is InChI=1S/C18H12BrClN2O4S/c1-22-16(24)14(7-10-5-11(19)8-13(20)15(10)23)27-18(22)21-12-4-2-3-9(6-12)17(25)26/h2-8,23H,1H3,(H,25,26). The van der Waals surface area contributed by atoms with Crippen molar-refractivity contribution < 1.29 is 19.8 Å². The number of phenols is 1. The van der Waals surface area contributed by atoms with E-state index in [0.717, 1.165) is 11.8 Å². The molecule has 0 radical (unpaired) electrons. The van der Waals surface area contributed by atoms with E-state index >= 15 is 0 Å². The van der Waals surface area contributed by atoms with Crippen LogP contribution in [0.3, 0.4) is 0 Å². The lowest BCUT2D eigenvalue weighted by molar-refractivity contribution is -0.121. The van der Waals surface area contributed by atoms with Gasteiger partial charge in [0.05, 0.1) is 21.2 Å². The number of nitrogens with zero attached hydrogens (tertiary/aromatic N) is 2. The number of benzene rings is 2. The summed E-state index contributed by atoms with van der Waals surface area (Å²) in [7, 11) is 1.57. The maximum Gasteiger partial charge on any atom is 0.335 e. The van der Waals surface area contributed by atoms with Gasteiger partial charge in [0, 0.05) is 17.1 Å². The fourth-order valence-electron chi connectivity index (χ4n) is 2.31. The fraction of sp³-hybridized carbons (Fsp3) is 0.0556. The van der Waals surface area contributed by atoms with Crippen LogP contribution < -0.4 is 0 Å². The molecule has 3 rings (SSSR count). The largest absolute Gasteiger partial charge is 0.506 e. The summed E-state index contributed by atoms with van der Waals surface area (Å²) in [5.74, 6) is -1.46. The summed E-state index contributed by atoms with van der Waals surface area (Å²) < 4.78 is 0.667. The molecule has 1 heterocycles. The van der Waals surface area contributed by atoms with Crippen LogP contribution in [0.5, 0.6) is 5.75 Å². The van der Waals surface area contributed by atoms with Crippen molar-refractivity contribution in [2.75, 3.05) is 7.05 Å². The summed E-state index contributed by atoms with van der Waals surface area (Å²) in [5.41, 5.74) is 0.928. The second-order valence-electron chi connectivity index (χ2n) is 5.55. The number of carbonyl (C=O) groups is 2. The zero-order valence-electron chi connectivity index (χ0n) is 13.8. The summed E-state index contributed by atoms with van der Waals surface area (Å²) >= 11 is 10.4. The van der Waals surface area contributed by atoms with Crippen LogP contribution in [0.1, 0.15) is 15.9 Å². The molecule has 0 saturated carbocycles. The first-order valence-electron chi connectivity index (χ1n) is 7.54. The zero-order valence-corrected chi connectivity index (χ0v) is 17.0. The number of likely N-dealkylation sites (N-methyl/N-ethyl adjacent to an activating group) is 1. The first-order valence-corrected chi connectivity index (χ1v) is 9.52. The van der Waals surface area contributed by atoms with Gasteiger partial charge in [-0.3, -0.25) is 9.69 Å². The highest BCUT2D eigenvalue weighted by atomic mass is 79.9. The van der Waals surface area contributed by atoms with Crippen molar-refractivity contribution in [3.63, 3.8) is 0 Å². The minimum atomic E-state index is -1.05. The zero-order chi connectivity index (χ0) is 19.7. The van der Waals surface area contributed by atoms with E-state index in [2.05, 4.69) is 20.9 Å². The van der Waals surface area contributed by atoms with Crippen molar-refractivity contribution in [3.05, 3.63) is 61.9 Å². The Morgan fingerprint density at radius 3 is 2.78 bits per heavy atom. The number of aliphatic imine (C=N–C) groups is 1. The molecule has 0 atom stereocenters. The summed E-state index contributed by atoms with van der Waals surface area (Å²) in [4.78, 5) is 29.7. The van der Waals surface area contributed by atoms with E-state index in [0.29, 0.717) is 25.8 Å². The van der Waals surface area contributed by atoms with Gasteiger partial charge in [-0.1, -0.05) is 33.6 Å². The Labute approximate surface area is 172 Å². The summed E-state index contributed by atoms with van der Waals surface area (Å²) in [6, 6.07) is 9.33. The minimum absolute atomic E-state index is 0.110. The molecule has 0 aliphatic carbocycles. The molecule has 1 fully saturated rings. The van der Waals surface area contributed by atoms with Gasteiger partial charge in [-0.2, -0.15) is 0 Å². The average molecular weight is 468 g/mol. The van der Waals surface area contributed by atoms with Gasteiger partial charge in [-0.15, -0.1) is 0 Å². The number of hydrogen-bond donors (Lipinski definition) is 2. The predicted octanol–water partition coefficient (Wildman–Crippen LogP) is 4.74. The van der Waals surface area contributed by atoms with Crippen molar-refractivity contribution in [2.45, 2.75) is 0 Å². The van der Waals surface area contributed by atoms with Gasteiger partial charge in [-0.25, -0.2) is 9.79 Å². The minimum Gasteiger partial charge on any atom is -0.506 e. The van der Waals surface area contributed by atoms with Crippen LogP contribution in [0.4, 0.5) is 5.69 Å². The monoisotopic (exact) mass is 466 g/mol. The second-order valence-corrected chi connectivity index (χ2v) is 7.88. The molecule has 27 heavy (non-hydrogen) atoms. The molecular weight excluding hydrogens is 456 g/mol. The highest BCUT2D eigenvalue weighted by Gasteiger charge is 2.30. The number of rotatable bonds is 3. The Morgan fingerprint density at radius 1 is 1.33 bits per heavy atom. The molecule has 6 nitrogen and oxygen atoms in total. The van der Waals surface area contributed by atoms with Crippen LogP contribution in [0.2, 0.25) is 5.02 Å². The summed E-state index contributed by atoms with van der Waals surface area (Å²) in [5, 5.41) is 19.7. The number of amidine groups is 1. The first kappa shape index (κ1) is 19.5. The number of halogens is 2. The number of phenolic OH excluding ortho intramolecular Hbond substituents is 1. The Balaban J connectivity index is 1.96. The second kappa shape index (κ2) is 7.75. The highest BCUT2D eigenvalue weighted by Crippen LogP contribution is 2.37. The molecule has 138 valence electrons. The van der Waals surface area contributed by atoms with Crippen LogP contribution >= 0.6 is 39.3 Å². The molecule has 1 aliphatic heterocycles. The maximum absolute atomic E-state index is 12.5. The highest BCUT2D eigenvalue weighted by molar-refractivity contribution is 9.10. The van der Waals surface area contributed by atoms with Crippen molar-refractivity contribution >= 4 is 68.1 Å². The average Bonchev–Trinajstić information content (AvgIpc) is 2.87. The van der Waals surface area contributed by atoms with Gasteiger partial charge in [0.2, 0.25) is 0 Å². The molecule has 0 spiro atoms. The summed E-state index contributed by atoms with van der Waals surface area (Å²) in [6.07, 6.45) is 1.53. The number of aromatic carboxylic acids is 1. The number of carbonyl (C=O) groups excluding carboxylic acids is 1. The quantitative estimate of drug-likeness (QED) is 0.636. The predicted molar refractivity (Wildman–Crippen MR) is 110 cm³/mol. The van der Waals surface area contributed by atoms with E-state index in [1.54, 1.807) is 31.3 Å². The van der Waals surface area contributed by atoms with Gasteiger partial charge in [-0.05, 0) is 48.2 Å². The van der Waals surface area contributed by atoms with Gasteiger partial charge in [0.1, 0.15) is 5.75 Å². The molecule has 2 aromatic rings. The Kier molecular flexibility index (Phi) is 5.59. The molecule has 2 N–H and O–H groups in total. The number of carboxylic acids is 1. The number of carboxylic acid groups (broad SMARTS) is 1. The van der Waals surface area contributed by atoms with E-state index in [4.69, 9.17) is 16.7 Å². The van der Waals surface area contributed by atoms with Crippen molar-refractivity contribution in [2.24, 2.45) is 4.99 Å². The normalized spacial score (nSPS) is 17.1. The van der Waals surface area contributed by atoms with Crippen molar-refractivity contribution in [1.82, 2.24) is 4.90 Å². The van der Waals surface area contributed by atoms with Gasteiger partial charge in [0.25, 0.3) is 5.91 Å². The van der Waals surface area contributed by atoms with Crippen molar-refractivity contribution in [1.29, 1.82) is 0 Å². The maximum atomic E-state index is 12.5. The Hall–Kier alpha value is -2.29. The molecule has 1 saturated heterocycles. The van der Waals surface area contributed by atoms with Gasteiger partial charge < -0.3 is 10.2 Å². The van der Waals surface area contributed by atoms with E-state index in [9.17, 15) is 14.7 Å². The van der Waals surface area contributed by atoms with Crippen LogP contribution in [-0.2, 0) is 4.79 Å². The van der Waals surface area contributed by atoms with Gasteiger partial charge in [0.15, 0.2) is 5.17 Å². The molecule has 1 amide bonds. The van der Waals surface area contributed by atoms with Crippen LogP contribution in [0, 0.1) is 0 Å². The number of aromatic hydroxyl groups is 1. The Morgan fingerprint density at radius 2 is 2.07 bits per heavy atom. The van der Waals surface area contributed by atoms with E-state index in [-0.39, 0.29) is 22.2 Å². The Bertz CT molecular complexity index is 1020. The fourth-order valence-corrected chi connectivity index (χ4v) is 4.12. The van der Waals surface area contributed by atoms with Crippen molar-refractivity contribution in [3.8, 4) is 5.75 Å². The SMILES string of the molecule is CN1C(=O)C(=Cc2cc(Br)cc(Cl)c2O)SC1=Nc1cccc(C(=O)O)c1. The first-order chi connectivity index (χ1) is 12.8. The van der Waals surface area contributed by atoms with E-state index < -0.39 is 5.97 Å². The molecule has 2 aromatic carbocycles. The van der Waals surface area contributed by atoms with Gasteiger partial charge >= 0.3 is 5.97 Å². The lowest BCUT2D eigenvalue weighted by Gasteiger charge is -2.07. The number of hydrogen-bond acceptors (Lipinski definition) is 5. The molecular formula is C18H12BrClN2O4S. The van der Waals surface area contributed by atoms with Crippen LogP contribution in [-0.4, -0.2) is 39.2 Å². The molecule has 0 unspecified atom stereocenters. The molecule has 9 heteroatoms. The van der Waals surface area contributed by atoms with Crippen LogP contribution in [0.15, 0.2) is 50.8 Å². The molecule has 1 aliphatic rings. The number of amides is 1. The smallest absolute Gasteiger partial charge is 0.335 e. The molecule has 0 aromatic heterocycles. The van der Waals surface area contributed by atoms with Crippen LogP contribution in [0.25, 0.3) is 6.08 Å².